The second-order valence-corrected chi connectivity index (χ2v) is 10.4. The number of para-hydroxylation sites is 1. The van der Waals surface area contributed by atoms with Crippen LogP contribution in [-0.2, 0) is 0 Å². The highest BCUT2D eigenvalue weighted by molar-refractivity contribution is 5.99. The monoisotopic (exact) mass is 514 g/mol. The molecule has 7 unspecified atom stereocenters. The summed E-state index contributed by atoms with van der Waals surface area (Å²) in [6.45, 7) is 0. The molecule has 39 heavy (non-hydrogen) atoms. The van der Waals surface area contributed by atoms with E-state index in [0.29, 0.717) is 23.0 Å². The fraction of sp³-hybridized carbons (Fsp3) is 0.211. The fourth-order valence-corrected chi connectivity index (χ4v) is 6.82. The summed E-state index contributed by atoms with van der Waals surface area (Å²) >= 11 is 0. The highest BCUT2D eigenvalue weighted by Crippen LogP contribution is 2.46. The van der Waals surface area contributed by atoms with Crippen molar-refractivity contribution in [1.82, 2.24) is 0 Å². The maximum absolute atomic E-state index is 9.13. The van der Waals surface area contributed by atoms with Gasteiger partial charge in [-0.2, -0.15) is 0 Å². The summed E-state index contributed by atoms with van der Waals surface area (Å²) in [7, 11) is 0. The van der Waals surface area contributed by atoms with E-state index in [-0.39, 0.29) is 47.8 Å². The van der Waals surface area contributed by atoms with Gasteiger partial charge in [0.2, 0.25) is 0 Å². The second-order valence-electron chi connectivity index (χ2n) is 10.4. The lowest BCUT2D eigenvalue weighted by Gasteiger charge is -2.38. The molecular weight excluding hydrogens is 472 g/mol. The van der Waals surface area contributed by atoms with Gasteiger partial charge in [0.25, 0.3) is 0 Å². The third-order valence-corrected chi connectivity index (χ3v) is 8.38. The molecule has 1 nitrogen and oxygen atoms in total. The summed E-state index contributed by atoms with van der Waals surface area (Å²) in [6, 6.07) is 13.4. The molecule has 1 aromatic heterocycles. The third kappa shape index (κ3) is 3.60. The molecule has 0 saturated heterocycles. The topological polar surface area (TPSA) is 13.1 Å². The molecule has 0 radical (unpaired) electrons. The molecule has 0 aliphatic heterocycles. The van der Waals surface area contributed by atoms with Gasteiger partial charge in [0.05, 0.1) is 9.60 Å². The second kappa shape index (κ2) is 9.27. The Bertz CT molecular complexity index is 2420. The average molecular weight is 515 g/mol. The zero-order chi connectivity index (χ0) is 34.5. The maximum Gasteiger partial charge on any atom is 0.135 e. The first-order chi connectivity index (χ1) is 23.5. The highest BCUT2D eigenvalue weighted by Gasteiger charge is 2.38. The quantitative estimate of drug-likeness (QED) is 0.408. The summed E-state index contributed by atoms with van der Waals surface area (Å²) < 4.78 is 93.5. The van der Waals surface area contributed by atoms with Gasteiger partial charge in [0, 0.05) is 26.6 Å². The number of fused-ring (bicyclic) bond motifs is 5. The van der Waals surface area contributed by atoms with Crippen molar-refractivity contribution >= 4 is 33.8 Å². The van der Waals surface area contributed by atoms with Gasteiger partial charge in [0.1, 0.15) is 11.0 Å². The van der Waals surface area contributed by atoms with Crippen LogP contribution in [0.25, 0.3) is 33.8 Å². The zero-order valence-electron chi connectivity index (χ0n) is 31.2. The molecule has 190 valence electrons. The van der Waals surface area contributed by atoms with Crippen LogP contribution in [0.3, 0.4) is 0 Å². The molecule has 3 aromatic rings. The standard InChI is InChI=1S/C38H32O/c1-3-13-25(14-4-1)27-23-24-34-37(32-21-11-12-22-33(32)39-34)38(27)36-30-19-9-7-17-28(30)35(26-15-5-2-6-16-26)29-18-8-10-20-31(29)36/h1-5,7-13,15,17-22,24-25,27-28,30H,6,14,16,23H2/i1D,2D,3D,4D,5D,6D,13D,14D,15D,16D. The normalized spacial score (nSPS) is 37.8. The highest BCUT2D eigenvalue weighted by atomic mass is 16.3. The summed E-state index contributed by atoms with van der Waals surface area (Å²) in [5.74, 6) is -2.13. The maximum atomic E-state index is 9.13. The molecule has 1 heterocycles. The lowest BCUT2D eigenvalue weighted by Crippen LogP contribution is -2.44. The predicted octanol–water partition coefficient (Wildman–Crippen LogP) is 6.17. The van der Waals surface area contributed by atoms with Gasteiger partial charge < -0.3 is 4.42 Å². The van der Waals surface area contributed by atoms with E-state index in [4.69, 9.17) is 18.1 Å². The number of hydrogen-bond donors (Lipinski definition) is 0. The van der Waals surface area contributed by atoms with E-state index in [1.807, 2.05) is 72.8 Å². The molecule has 0 fully saturated rings. The minimum Gasteiger partial charge on any atom is -0.456 e. The summed E-state index contributed by atoms with van der Waals surface area (Å²) in [5, 5.41) is 3.27. The van der Waals surface area contributed by atoms with Gasteiger partial charge >= 0.3 is 0 Å². The number of furan rings is 1. The first-order valence-corrected chi connectivity index (χ1v) is 13.4. The van der Waals surface area contributed by atoms with Gasteiger partial charge in [0.15, 0.2) is 0 Å². The fourth-order valence-electron chi connectivity index (χ4n) is 6.82. The lowest BCUT2D eigenvalue weighted by atomic mass is 9.65. The van der Waals surface area contributed by atoms with Crippen LogP contribution in [0.2, 0.25) is 0 Å². The summed E-state index contributed by atoms with van der Waals surface area (Å²) in [4.78, 5) is 0. The van der Waals surface area contributed by atoms with E-state index < -0.39 is 43.0 Å². The minimum atomic E-state index is -1.30. The molecule has 2 aromatic carbocycles. The molecule has 0 N–H and O–H groups in total. The van der Waals surface area contributed by atoms with Gasteiger partial charge in [-0.15, -0.1) is 0 Å². The smallest absolute Gasteiger partial charge is 0.135 e. The predicted molar refractivity (Wildman–Crippen MR) is 162 cm³/mol. The third-order valence-electron chi connectivity index (χ3n) is 8.38. The molecule has 0 spiro atoms. The van der Waals surface area contributed by atoms with Crippen molar-refractivity contribution in [2.75, 3.05) is 0 Å². The zero-order valence-corrected chi connectivity index (χ0v) is 21.2. The van der Waals surface area contributed by atoms with Crippen LogP contribution in [-0.4, -0.2) is 0 Å². The molecule has 1 heteroatoms. The molecule has 0 bridgehead atoms. The molecular formula is C38H32O. The first-order valence-electron chi connectivity index (χ1n) is 18.7. The Balaban J connectivity index is 1.55. The molecule has 5 aliphatic rings. The molecule has 0 amide bonds. The molecule has 5 aliphatic carbocycles. The summed E-state index contributed by atoms with van der Waals surface area (Å²) in [6.07, 6.45) is 6.57. The van der Waals surface area contributed by atoms with E-state index in [1.165, 1.54) is 0 Å². The minimum absolute atomic E-state index is 0.133. The Morgan fingerprint density at radius 1 is 0.821 bits per heavy atom. The Kier molecular flexibility index (Phi) is 3.54. The van der Waals surface area contributed by atoms with E-state index in [0.717, 1.165) is 32.2 Å². The van der Waals surface area contributed by atoms with Gasteiger partial charge in [-0.25, -0.2) is 0 Å². The Morgan fingerprint density at radius 3 is 2.51 bits per heavy atom. The van der Waals surface area contributed by atoms with Gasteiger partial charge in [-0.3, -0.25) is 0 Å². The van der Waals surface area contributed by atoms with Crippen LogP contribution in [0.4, 0.5) is 0 Å². The van der Waals surface area contributed by atoms with Crippen LogP contribution in [0, 0.1) is 23.7 Å². The summed E-state index contributed by atoms with van der Waals surface area (Å²) in [5.41, 5.74) is 4.08. The number of allylic oxidation sites excluding steroid dienone is 12. The number of benzene rings is 2. The Labute approximate surface area is 243 Å². The Morgan fingerprint density at radius 2 is 1.62 bits per heavy atom. The number of rotatable bonds is 3. The van der Waals surface area contributed by atoms with Crippen molar-refractivity contribution in [3.05, 3.63) is 142 Å². The van der Waals surface area contributed by atoms with Crippen molar-refractivity contribution in [3.8, 4) is 0 Å². The molecule has 0 saturated carbocycles. The number of hydrogen-bond acceptors (Lipinski definition) is 1. The van der Waals surface area contributed by atoms with E-state index in [1.54, 1.807) is 0 Å². The van der Waals surface area contributed by atoms with Crippen molar-refractivity contribution in [3.63, 3.8) is 0 Å². The van der Waals surface area contributed by atoms with E-state index in [9.17, 15) is 0 Å². The van der Waals surface area contributed by atoms with Crippen molar-refractivity contribution in [2.24, 2.45) is 23.7 Å². The van der Waals surface area contributed by atoms with Crippen LogP contribution >= 0.6 is 0 Å². The van der Waals surface area contributed by atoms with E-state index >= 15 is 0 Å². The Hall–Kier alpha value is -4.10. The van der Waals surface area contributed by atoms with Crippen molar-refractivity contribution in [2.45, 2.75) is 25.6 Å². The van der Waals surface area contributed by atoms with Crippen molar-refractivity contribution < 1.29 is 18.1 Å². The SMILES string of the molecule is [2H]C1=C([2H])C([2H])C([2H])C(C2=c3ccccc3=C(C3=c4c(oc5ccccc45)=CCC3C3C([2H])=C([2H])C([2H])=C([2H])C3[2H])C3C=CC=CC23)=C1[2H]. The average Bonchev–Trinajstić information content (AvgIpc) is 3.50. The lowest BCUT2D eigenvalue weighted by molar-refractivity contribution is 0.487. The molecule has 7 atom stereocenters. The van der Waals surface area contributed by atoms with Crippen LogP contribution in [0.5, 0.6) is 0 Å². The molecule has 8 rings (SSSR count). The van der Waals surface area contributed by atoms with Crippen molar-refractivity contribution in [1.29, 1.82) is 0 Å². The van der Waals surface area contributed by atoms with Crippen LogP contribution in [0.1, 0.15) is 39.3 Å². The van der Waals surface area contributed by atoms with E-state index in [2.05, 4.69) is 6.08 Å². The largest absolute Gasteiger partial charge is 0.456 e. The van der Waals surface area contributed by atoms with Crippen LogP contribution < -0.4 is 21.1 Å². The van der Waals surface area contributed by atoms with Crippen LogP contribution in [0.15, 0.2) is 125 Å². The van der Waals surface area contributed by atoms with Gasteiger partial charge in [-0.05, 0) is 82.3 Å². The first kappa shape index (κ1) is 14.9. The van der Waals surface area contributed by atoms with Gasteiger partial charge in [-0.1, -0.05) is 109 Å².